The molecule has 4 rings (SSSR count). The Morgan fingerprint density at radius 1 is 0.923 bits per heavy atom. The van der Waals surface area contributed by atoms with E-state index in [9.17, 15) is 4.79 Å². The number of hydrogen-bond acceptors (Lipinski definition) is 3. The second-order valence-electron chi connectivity index (χ2n) is 6.07. The molecule has 0 saturated heterocycles. The molecule has 0 fully saturated rings. The summed E-state index contributed by atoms with van der Waals surface area (Å²) in [6.07, 6.45) is 4.02. The highest BCUT2D eigenvalue weighted by molar-refractivity contribution is 9.10. The van der Waals surface area contributed by atoms with Crippen LogP contribution in [0.5, 0.6) is 0 Å². The lowest BCUT2D eigenvalue weighted by molar-refractivity contribution is -0.688. The molecule has 0 aliphatic heterocycles. The fraction of sp³-hybridized carbons (Fsp3) is 0.100. The molecule has 4 aromatic rings. The summed E-state index contributed by atoms with van der Waals surface area (Å²) in [7, 11) is 0. The lowest BCUT2D eigenvalue weighted by Crippen LogP contribution is -2.33. The van der Waals surface area contributed by atoms with E-state index in [2.05, 4.69) is 42.9 Å². The van der Waals surface area contributed by atoms with Crippen molar-refractivity contribution in [3.8, 4) is 0 Å². The maximum absolute atomic E-state index is 12.5. The van der Waals surface area contributed by atoms with Crippen LogP contribution < -0.4 is 10.1 Å². The van der Waals surface area contributed by atoms with E-state index in [-0.39, 0.29) is 5.56 Å². The van der Waals surface area contributed by atoms with E-state index in [0.717, 1.165) is 16.6 Å². The molecule has 0 saturated carbocycles. The SMILES string of the molecule is O=c1c2ccccc2nnn1Cc1cc[n+](Cc2ccc(Br)cc2)cc1. The Morgan fingerprint density at radius 3 is 2.42 bits per heavy atom. The third kappa shape index (κ3) is 3.55. The number of halogens is 1. The number of fused-ring (bicyclic) bond motifs is 1. The Kier molecular flexibility index (Phi) is 4.58. The predicted molar refractivity (Wildman–Crippen MR) is 103 cm³/mol. The number of hydrogen-bond donors (Lipinski definition) is 0. The lowest BCUT2D eigenvalue weighted by Gasteiger charge is -2.05. The Balaban J connectivity index is 1.53. The summed E-state index contributed by atoms with van der Waals surface area (Å²) < 4.78 is 4.57. The number of rotatable bonds is 4. The number of aromatic nitrogens is 4. The molecule has 0 aliphatic carbocycles. The highest BCUT2D eigenvalue weighted by atomic mass is 79.9. The van der Waals surface area contributed by atoms with Gasteiger partial charge in [0.15, 0.2) is 18.9 Å². The van der Waals surface area contributed by atoms with E-state index in [4.69, 9.17) is 0 Å². The van der Waals surface area contributed by atoms with Gasteiger partial charge >= 0.3 is 0 Å². The van der Waals surface area contributed by atoms with Crippen LogP contribution in [0.3, 0.4) is 0 Å². The second kappa shape index (κ2) is 7.17. The first-order valence-corrected chi connectivity index (χ1v) is 9.03. The fourth-order valence-corrected chi connectivity index (χ4v) is 3.06. The zero-order valence-corrected chi connectivity index (χ0v) is 15.5. The van der Waals surface area contributed by atoms with Crippen LogP contribution in [0.4, 0.5) is 0 Å². The van der Waals surface area contributed by atoms with Gasteiger partial charge in [0.2, 0.25) is 0 Å². The van der Waals surface area contributed by atoms with Crippen molar-refractivity contribution in [2.75, 3.05) is 0 Å². The normalized spacial score (nSPS) is 11.0. The summed E-state index contributed by atoms with van der Waals surface area (Å²) in [5.41, 5.74) is 2.72. The van der Waals surface area contributed by atoms with Gasteiger partial charge in [0, 0.05) is 22.2 Å². The number of benzene rings is 2. The molecule has 0 spiro atoms. The molecule has 0 bridgehead atoms. The van der Waals surface area contributed by atoms with Gasteiger partial charge in [-0.1, -0.05) is 45.4 Å². The molecule has 0 N–H and O–H groups in total. The maximum atomic E-state index is 12.5. The summed E-state index contributed by atoms with van der Waals surface area (Å²) in [6, 6.07) is 19.5. The van der Waals surface area contributed by atoms with E-state index in [1.165, 1.54) is 10.2 Å². The van der Waals surface area contributed by atoms with Gasteiger partial charge in [-0.25, -0.2) is 9.25 Å². The Morgan fingerprint density at radius 2 is 1.65 bits per heavy atom. The monoisotopic (exact) mass is 407 g/mol. The maximum Gasteiger partial charge on any atom is 0.277 e. The Bertz CT molecular complexity index is 1110. The molecule has 0 amide bonds. The molecule has 2 aromatic heterocycles. The second-order valence-corrected chi connectivity index (χ2v) is 6.99. The Labute approximate surface area is 158 Å². The van der Waals surface area contributed by atoms with Crippen molar-refractivity contribution in [1.82, 2.24) is 15.0 Å². The summed E-state index contributed by atoms with van der Waals surface area (Å²) in [6.45, 7) is 1.19. The van der Waals surface area contributed by atoms with Gasteiger partial charge in [0.05, 0.1) is 11.9 Å². The molecule has 0 unspecified atom stereocenters. The fourth-order valence-electron chi connectivity index (χ4n) is 2.80. The quantitative estimate of drug-likeness (QED) is 0.488. The molecular formula is C20H16BrN4O+. The zero-order valence-electron chi connectivity index (χ0n) is 13.9. The molecule has 6 heteroatoms. The van der Waals surface area contributed by atoms with Gasteiger partial charge in [-0.2, -0.15) is 0 Å². The van der Waals surface area contributed by atoms with E-state index < -0.39 is 0 Å². The van der Waals surface area contributed by atoms with Crippen LogP contribution in [0.25, 0.3) is 10.9 Å². The third-order valence-electron chi connectivity index (χ3n) is 4.20. The predicted octanol–water partition coefficient (Wildman–Crippen LogP) is 2.94. The summed E-state index contributed by atoms with van der Waals surface area (Å²) >= 11 is 3.45. The van der Waals surface area contributed by atoms with Crippen molar-refractivity contribution in [3.63, 3.8) is 0 Å². The van der Waals surface area contributed by atoms with Crippen LogP contribution in [-0.4, -0.2) is 15.0 Å². The third-order valence-corrected chi connectivity index (χ3v) is 4.73. The van der Waals surface area contributed by atoms with Gasteiger partial charge < -0.3 is 0 Å². The summed E-state index contributed by atoms with van der Waals surface area (Å²) in [4.78, 5) is 12.5. The molecule has 2 heterocycles. The minimum absolute atomic E-state index is 0.123. The molecule has 0 radical (unpaired) electrons. The van der Waals surface area contributed by atoms with E-state index >= 15 is 0 Å². The van der Waals surface area contributed by atoms with Crippen molar-refractivity contribution < 1.29 is 4.57 Å². The van der Waals surface area contributed by atoms with Gasteiger partial charge in [0.1, 0.15) is 5.52 Å². The Hall–Kier alpha value is -2.86. The standard InChI is InChI=1S/C20H16BrN4O/c21-17-7-5-15(6-8-17)13-24-11-9-16(10-12-24)14-25-20(26)18-3-1-2-4-19(18)22-23-25/h1-12H,13-14H2/q+1. The van der Waals surface area contributed by atoms with Crippen LogP contribution in [0.1, 0.15) is 11.1 Å². The van der Waals surface area contributed by atoms with Gasteiger partial charge in [-0.15, -0.1) is 5.10 Å². The van der Waals surface area contributed by atoms with Crippen LogP contribution >= 0.6 is 15.9 Å². The van der Waals surface area contributed by atoms with Crippen molar-refractivity contribution in [2.24, 2.45) is 0 Å². The molecular weight excluding hydrogens is 392 g/mol. The average Bonchev–Trinajstić information content (AvgIpc) is 2.67. The minimum atomic E-state index is -0.123. The first kappa shape index (κ1) is 16.6. The van der Waals surface area contributed by atoms with Crippen molar-refractivity contribution >= 4 is 26.8 Å². The van der Waals surface area contributed by atoms with Crippen LogP contribution in [0.2, 0.25) is 0 Å². The average molecular weight is 408 g/mol. The first-order chi connectivity index (χ1) is 12.7. The topological polar surface area (TPSA) is 51.7 Å². The molecule has 0 aliphatic rings. The smallest absolute Gasteiger partial charge is 0.267 e. The summed E-state index contributed by atoms with van der Waals surface area (Å²) in [5.74, 6) is 0. The van der Waals surface area contributed by atoms with Gasteiger partial charge in [-0.05, 0) is 29.8 Å². The highest BCUT2D eigenvalue weighted by Gasteiger charge is 2.07. The molecule has 2 aromatic carbocycles. The van der Waals surface area contributed by atoms with Crippen molar-refractivity contribution in [3.05, 3.63) is 99.0 Å². The van der Waals surface area contributed by atoms with Crippen LogP contribution in [-0.2, 0) is 13.1 Å². The lowest BCUT2D eigenvalue weighted by atomic mass is 10.2. The number of pyridine rings is 1. The van der Waals surface area contributed by atoms with Gasteiger partial charge in [-0.3, -0.25) is 4.79 Å². The molecule has 5 nitrogen and oxygen atoms in total. The van der Waals surface area contributed by atoms with Crippen molar-refractivity contribution in [2.45, 2.75) is 13.1 Å². The largest absolute Gasteiger partial charge is 0.277 e. The van der Waals surface area contributed by atoms with E-state index in [1.54, 1.807) is 12.1 Å². The van der Waals surface area contributed by atoms with Crippen LogP contribution in [0, 0.1) is 0 Å². The van der Waals surface area contributed by atoms with Crippen LogP contribution in [0.15, 0.2) is 82.3 Å². The summed E-state index contributed by atoms with van der Waals surface area (Å²) in [5, 5.41) is 8.75. The highest BCUT2D eigenvalue weighted by Crippen LogP contribution is 2.10. The van der Waals surface area contributed by atoms with E-state index in [1.807, 2.05) is 48.8 Å². The molecule has 26 heavy (non-hydrogen) atoms. The molecule has 128 valence electrons. The van der Waals surface area contributed by atoms with Crippen molar-refractivity contribution in [1.29, 1.82) is 0 Å². The molecule has 0 atom stereocenters. The number of nitrogens with zero attached hydrogens (tertiary/aromatic N) is 4. The zero-order chi connectivity index (χ0) is 17.9. The van der Waals surface area contributed by atoms with E-state index in [0.29, 0.717) is 17.4 Å². The minimum Gasteiger partial charge on any atom is -0.267 e. The van der Waals surface area contributed by atoms with Gasteiger partial charge in [0.25, 0.3) is 5.56 Å². The first-order valence-electron chi connectivity index (χ1n) is 8.24.